The van der Waals surface area contributed by atoms with Crippen LogP contribution in [0.25, 0.3) is 5.57 Å². The minimum atomic E-state index is 0.731. The number of allylic oxidation sites excluding steroid dienone is 2. The Morgan fingerprint density at radius 1 is 1.33 bits per heavy atom. The largest absolute Gasteiger partial charge is 0.192 e. The second-order valence-corrected chi connectivity index (χ2v) is 2.68. The van der Waals surface area contributed by atoms with Gasteiger partial charge in [-0.25, -0.2) is 0 Å². The van der Waals surface area contributed by atoms with Crippen LogP contribution < -0.4 is 0 Å². The van der Waals surface area contributed by atoms with Crippen molar-refractivity contribution in [1.29, 1.82) is 5.26 Å². The van der Waals surface area contributed by atoms with Crippen molar-refractivity contribution >= 4 is 5.57 Å². The molecule has 1 rings (SSSR count). The molecule has 0 atom stereocenters. The molecule has 1 aromatic carbocycles. The second-order valence-electron chi connectivity index (χ2n) is 2.68. The summed E-state index contributed by atoms with van der Waals surface area (Å²) < 4.78 is 0. The summed E-state index contributed by atoms with van der Waals surface area (Å²) in [6, 6.07) is 10.1. The van der Waals surface area contributed by atoms with Crippen molar-refractivity contribution in [1.82, 2.24) is 0 Å². The predicted molar refractivity (Wildman–Crippen MR) is 50.4 cm³/mol. The highest BCUT2D eigenvalue weighted by Gasteiger charge is 1.96. The molecule has 12 heavy (non-hydrogen) atoms. The van der Waals surface area contributed by atoms with E-state index in [0.717, 1.165) is 11.1 Å². The Bertz CT molecular complexity index is 325. The van der Waals surface area contributed by atoms with Crippen LogP contribution in [0.3, 0.4) is 0 Å². The fourth-order valence-electron chi connectivity index (χ4n) is 1.03. The molecule has 0 aliphatic rings. The Hall–Kier alpha value is -1.55. The Kier molecular flexibility index (Phi) is 2.66. The average Bonchev–Trinajstić information content (AvgIpc) is 2.10. The second kappa shape index (κ2) is 3.73. The third-order valence-electron chi connectivity index (χ3n) is 1.77. The smallest absolute Gasteiger partial charge is 0.0994 e. The van der Waals surface area contributed by atoms with E-state index in [4.69, 9.17) is 5.26 Å². The van der Waals surface area contributed by atoms with Gasteiger partial charge >= 0.3 is 0 Å². The summed E-state index contributed by atoms with van der Waals surface area (Å²) in [7, 11) is 0. The van der Waals surface area contributed by atoms with E-state index in [1.807, 2.05) is 44.2 Å². The minimum absolute atomic E-state index is 0.731. The van der Waals surface area contributed by atoms with Crippen LogP contribution in [0.4, 0.5) is 0 Å². The van der Waals surface area contributed by atoms with Crippen molar-refractivity contribution in [2.75, 3.05) is 0 Å². The van der Waals surface area contributed by atoms with Crippen LogP contribution in [-0.4, -0.2) is 0 Å². The van der Waals surface area contributed by atoms with E-state index in [1.54, 1.807) is 0 Å². The van der Waals surface area contributed by atoms with Crippen molar-refractivity contribution < 1.29 is 0 Å². The van der Waals surface area contributed by atoms with Gasteiger partial charge in [-0.2, -0.15) is 5.26 Å². The average molecular weight is 157 g/mol. The Morgan fingerprint density at radius 3 is 2.33 bits per heavy atom. The lowest BCUT2D eigenvalue weighted by molar-refractivity contribution is 1.44. The Labute approximate surface area is 73.0 Å². The zero-order valence-corrected chi connectivity index (χ0v) is 7.33. The highest BCUT2D eigenvalue weighted by Crippen LogP contribution is 2.13. The molecule has 0 amide bonds. The SMILES string of the molecule is C/C=C(/C#N)c1ccc(C)cc1. The van der Waals surface area contributed by atoms with E-state index in [1.165, 1.54) is 5.56 Å². The van der Waals surface area contributed by atoms with Crippen molar-refractivity contribution in [3.63, 3.8) is 0 Å². The quantitative estimate of drug-likeness (QED) is 0.575. The van der Waals surface area contributed by atoms with E-state index >= 15 is 0 Å². The van der Waals surface area contributed by atoms with Crippen molar-refractivity contribution in [3.8, 4) is 6.07 Å². The van der Waals surface area contributed by atoms with Crippen LogP contribution in [0.2, 0.25) is 0 Å². The van der Waals surface area contributed by atoms with Gasteiger partial charge in [-0.3, -0.25) is 0 Å². The number of hydrogen-bond donors (Lipinski definition) is 0. The van der Waals surface area contributed by atoms with Crippen LogP contribution in [0.1, 0.15) is 18.1 Å². The number of hydrogen-bond acceptors (Lipinski definition) is 1. The zero-order valence-electron chi connectivity index (χ0n) is 7.33. The van der Waals surface area contributed by atoms with E-state index in [0.29, 0.717) is 0 Å². The van der Waals surface area contributed by atoms with E-state index in [9.17, 15) is 0 Å². The third-order valence-corrected chi connectivity index (χ3v) is 1.77. The van der Waals surface area contributed by atoms with E-state index in [-0.39, 0.29) is 0 Å². The highest BCUT2D eigenvalue weighted by atomic mass is 14.2. The minimum Gasteiger partial charge on any atom is -0.192 e. The lowest BCUT2D eigenvalue weighted by Gasteiger charge is -1.97. The monoisotopic (exact) mass is 157 g/mol. The summed E-state index contributed by atoms with van der Waals surface area (Å²) in [4.78, 5) is 0. The molecule has 0 saturated heterocycles. The summed E-state index contributed by atoms with van der Waals surface area (Å²) in [5.74, 6) is 0. The van der Waals surface area contributed by atoms with Gasteiger partial charge < -0.3 is 0 Å². The number of aryl methyl sites for hydroxylation is 1. The molecule has 0 aromatic heterocycles. The Balaban J connectivity index is 3.06. The van der Waals surface area contributed by atoms with Gasteiger partial charge in [-0.1, -0.05) is 35.9 Å². The van der Waals surface area contributed by atoms with Crippen molar-refractivity contribution in [3.05, 3.63) is 41.5 Å². The molecular formula is C11H11N. The van der Waals surface area contributed by atoms with Gasteiger partial charge in [0.05, 0.1) is 11.6 Å². The predicted octanol–water partition coefficient (Wildman–Crippen LogP) is 2.92. The van der Waals surface area contributed by atoms with Crippen LogP contribution in [0, 0.1) is 18.3 Å². The molecule has 0 unspecified atom stereocenters. The maximum absolute atomic E-state index is 8.73. The summed E-state index contributed by atoms with van der Waals surface area (Å²) in [5.41, 5.74) is 2.94. The molecule has 0 N–H and O–H groups in total. The first-order valence-corrected chi connectivity index (χ1v) is 3.91. The maximum atomic E-state index is 8.73. The fraction of sp³-hybridized carbons (Fsp3) is 0.182. The van der Waals surface area contributed by atoms with Gasteiger partial charge in [-0.15, -0.1) is 0 Å². The van der Waals surface area contributed by atoms with Gasteiger partial charge in [0, 0.05) is 0 Å². The van der Waals surface area contributed by atoms with Gasteiger partial charge in [0.1, 0.15) is 0 Å². The van der Waals surface area contributed by atoms with Crippen molar-refractivity contribution in [2.45, 2.75) is 13.8 Å². The molecule has 0 radical (unpaired) electrons. The molecule has 0 aliphatic carbocycles. The summed E-state index contributed by atoms with van der Waals surface area (Å²) in [5, 5.41) is 8.73. The normalized spacial score (nSPS) is 10.9. The van der Waals surface area contributed by atoms with Gasteiger partial charge in [0.15, 0.2) is 0 Å². The van der Waals surface area contributed by atoms with Gasteiger partial charge in [0.25, 0.3) is 0 Å². The van der Waals surface area contributed by atoms with Crippen LogP contribution >= 0.6 is 0 Å². The fourth-order valence-corrected chi connectivity index (χ4v) is 1.03. The molecule has 1 aromatic rings. The lowest BCUT2D eigenvalue weighted by Crippen LogP contribution is -1.80. The van der Waals surface area contributed by atoms with Gasteiger partial charge in [-0.05, 0) is 19.4 Å². The molecule has 0 bridgehead atoms. The number of benzene rings is 1. The molecule has 0 spiro atoms. The highest BCUT2D eigenvalue weighted by molar-refractivity contribution is 5.76. The first kappa shape index (κ1) is 8.55. The zero-order chi connectivity index (χ0) is 8.97. The van der Waals surface area contributed by atoms with E-state index < -0.39 is 0 Å². The van der Waals surface area contributed by atoms with Crippen LogP contribution in [-0.2, 0) is 0 Å². The number of nitriles is 1. The molecule has 1 nitrogen and oxygen atoms in total. The van der Waals surface area contributed by atoms with Gasteiger partial charge in [0.2, 0.25) is 0 Å². The van der Waals surface area contributed by atoms with Crippen molar-refractivity contribution in [2.24, 2.45) is 0 Å². The molecule has 0 heterocycles. The molecule has 60 valence electrons. The molecule has 0 aliphatic heterocycles. The van der Waals surface area contributed by atoms with E-state index in [2.05, 4.69) is 6.07 Å². The van der Waals surface area contributed by atoms with Crippen LogP contribution in [0.5, 0.6) is 0 Å². The maximum Gasteiger partial charge on any atom is 0.0994 e. The van der Waals surface area contributed by atoms with Crippen LogP contribution in [0.15, 0.2) is 30.3 Å². The number of nitrogens with zero attached hydrogens (tertiary/aromatic N) is 1. The summed E-state index contributed by atoms with van der Waals surface area (Å²) in [6.07, 6.45) is 1.82. The third kappa shape index (κ3) is 1.73. The number of rotatable bonds is 1. The molecule has 0 fully saturated rings. The first-order chi connectivity index (χ1) is 5.77. The summed E-state index contributed by atoms with van der Waals surface area (Å²) >= 11 is 0. The molecule has 0 saturated carbocycles. The molecular weight excluding hydrogens is 146 g/mol. The standard InChI is InChI=1S/C11H11N/c1-3-10(8-12)11-6-4-9(2)5-7-11/h3-7H,1-2H3/b10-3-. The topological polar surface area (TPSA) is 23.8 Å². The summed E-state index contributed by atoms with van der Waals surface area (Å²) in [6.45, 7) is 3.91. The molecule has 1 heteroatoms. The lowest BCUT2D eigenvalue weighted by atomic mass is 10.1. The first-order valence-electron chi connectivity index (χ1n) is 3.91. The Morgan fingerprint density at radius 2 is 1.92 bits per heavy atom.